The minimum absolute atomic E-state index is 0.000216. The van der Waals surface area contributed by atoms with Crippen LogP contribution in [0.15, 0.2) is 24.3 Å². The van der Waals surface area contributed by atoms with E-state index < -0.39 is 15.6 Å². The lowest BCUT2D eigenvalue weighted by Gasteiger charge is -2.25. The van der Waals surface area contributed by atoms with Gasteiger partial charge in [-0.25, -0.2) is 8.42 Å². The summed E-state index contributed by atoms with van der Waals surface area (Å²) in [7, 11) is -1.68. The van der Waals surface area contributed by atoms with Gasteiger partial charge in [-0.2, -0.15) is 0 Å². The van der Waals surface area contributed by atoms with Crippen LogP contribution in [0.5, 0.6) is 5.75 Å². The number of likely N-dealkylation sites (tertiary alicyclic amines) is 1. The van der Waals surface area contributed by atoms with Gasteiger partial charge in [0.25, 0.3) is 0 Å². The van der Waals surface area contributed by atoms with Crippen molar-refractivity contribution < 1.29 is 17.9 Å². The molecule has 0 bridgehead atoms. The average molecular weight is 311 g/mol. The quantitative estimate of drug-likeness (QED) is 0.832. The molecule has 116 valence electrons. The normalized spacial score (nSPS) is 18.8. The first-order chi connectivity index (χ1) is 9.96. The molecule has 0 radical (unpaired) electrons. The van der Waals surface area contributed by atoms with Crippen LogP contribution in [0, 0.1) is 0 Å². The van der Waals surface area contributed by atoms with E-state index in [0.29, 0.717) is 6.54 Å². The van der Waals surface area contributed by atoms with Gasteiger partial charge < -0.3 is 9.64 Å². The summed E-state index contributed by atoms with van der Waals surface area (Å²) in [5.41, 5.74) is 1.02. The SMILES string of the molecule is CCS(=O)(=O)CC(=O)N1CCC[C@@H]1c1ccc(OC)cc1. The number of sulfone groups is 1. The molecule has 21 heavy (non-hydrogen) atoms. The van der Waals surface area contributed by atoms with Gasteiger partial charge in [-0.1, -0.05) is 19.1 Å². The van der Waals surface area contributed by atoms with E-state index in [9.17, 15) is 13.2 Å². The second kappa shape index (κ2) is 6.47. The third kappa shape index (κ3) is 3.75. The number of nitrogens with zero attached hydrogens (tertiary/aromatic N) is 1. The van der Waals surface area contributed by atoms with Crippen molar-refractivity contribution in [1.82, 2.24) is 4.90 Å². The molecule has 1 aliphatic rings. The third-order valence-electron chi connectivity index (χ3n) is 3.86. The van der Waals surface area contributed by atoms with E-state index in [4.69, 9.17) is 4.74 Å². The van der Waals surface area contributed by atoms with Gasteiger partial charge in [0.2, 0.25) is 5.91 Å². The van der Waals surface area contributed by atoms with Crippen LogP contribution in [0.2, 0.25) is 0 Å². The number of methoxy groups -OCH3 is 1. The molecule has 1 heterocycles. The summed E-state index contributed by atoms with van der Waals surface area (Å²) in [5.74, 6) is 0.0778. The standard InChI is InChI=1S/C15H21NO4S/c1-3-21(18,19)11-15(17)16-10-4-5-14(16)12-6-8-13(20-2)9-7-12/h6-9,14H,3-5,10-11H2,1-2H3/t14-/m1/s1. The fourth-order valence-electron chi connectivity index (χ4n) is 2.61. The lowest BCUT2D eigenvalue weighted by atomic mass is 10.0. The zero-order valence-electron chi connectivity index (χ0n) is 12.4. The van der Waals surface area contributed by atoms with Crippen LogP contribution in [-0.2, 0) is 14.6 Å². The van der Waals surface area contributed by atoms with Gasteiger partial charge in [-0.3, -0.25) is 4.79 Å². The Morgan fingerprint density at radius 2 is 2.00 bits per heavy atom. The van der Waals surface area contributed by atoms with Crippen molar-refractivity contribution in [2.24, 2.45) is 0 Å². The highest BCUT2D eigenvalue weighted by Gasteiger charge is 2.31. The molecule has 5 nitrogen and oxygen atoms in total. The number of ether oxygens (including phenoxy) is 1. The molecule has 1 atom stereocenters. The Morgan fingerprint density at radius 1 is 1.33 bits per heavy atom. The van der Waals surface area contributed by atoms with Crippen molar-refractivity contribution in [2.75, 3.05) is 25.2 Å². The van der Waals surface area contributed by atoms with Crippen LogP contribution in [0.3, 0.4) is 0 Å². The summed E-state index contributed by atoms with van der Waals surface area (Å²) in [6.07, 6.45) is 1.76. The molecular weight excluding hydrogens is 290 g/mol. The summed E-state index contributed by atoms with van der Waals surface area (Å²) in [6.45, 7) is 2.18. The zero-order valence-corrected chi connectivity index (χ0v) is 13.2. The van der Waals surface area contributed by atoms with Crippen LogP contribution in [0.1, 0.15) is 31.4 Å². The van der Waals surface area contributed by atoms with Gasteiger partial charge in [0.1, 0.15) is 11.5 Å². The van der Waals surface area contributed by atoms with Gasteiger partial charge in [0.15, 0.2) is 9.84 Å². The molecule has 0 aromatic heterocycles. The molecule has 1 saturated heterocycles. The van der Waals surface area contributed by atoms with Crippen molar-refractivity contribution >= 4 is 15.7 Å². The second-order valence-electron chi connectivity index (χ2n) is 5.19. The fraction of sp³-hybridized carbons (Fsp3) is 0.533. The summed E-state index contributed by atoms with van der Waals surface area (Å²) in [5, 5.41) is 0. The van der Waals surface area contributed by atoms with Crippen LogP contribution in [0.4, 0.5) is 0 Å². The highest BCUT2D eigenvalue weighted by molar-refractivity contribution is 7.92. The average Bonchev–Trinajstić information content (AvgIpc) is 2.96. The number of amides is 1. The predicted molar refractivity (Wildman–Crippen MR) is 81.0 cm³/mol. The van der Waals surface area contributed by atoms with Gasteiger partial charge >= 0.3 is 0 Å². The van der Waals surface area contributed by atoms with Crippen molar-refractivity contribution in [2.45, 2.75) is 25.8 Å². The molecule has 1 aromatic carbocycles. The lowest BCUT2D eigenvalue weighted by Crippen LogP contribution is -2.35. The highest BCUT2D eigenvalue weighted by atomic mass is 32.2. The zero-order chi connectivity index (χ0) is 15.5. The summed E-state index contributed by atoms with van der Waals surface area (Å²) < 4.78 is 28.4. The molecule has 0 aliphatic carbocycles. The maximum absolute atomic E-state index is 12.2. The molecule has 1 fully saturated rings. The van der Waals surface area contributed by atoms with Gasteiger partial charge in [-0.15, -0.1) is 0 Å². The predicted octanol–water partition coefficient (Wildman–Crippen LogP) is 1.79. The highest BCUT2D eigenvalue weighted by Crippen LogP contribution is 2.32. The molecule has 0 saturated carbocycles. The van der Waals surface area contributed by atoms with E-state index in [-0.39, 0.29) is 17.7 Å². The van der Waals surface area contributed by atoms with Crippen LogP contribution in [0.25, 0.3) is 0 Å². The van der Waals surface area contributed by atoms with E-state index in [1.807, 2.05) is 24.3 Å². The van der Waals surface area contributed by atoms with Gasteiger partial charge in [0.05, 0.1) is 13.2 Å². The van der Waals surface area contributed by atoms with Gasteiger partial charge in [-0.05, 0) is 30.5 Å². The number of hydrogen-bond acceptors (Lipinski definition) is 4. The maximum atomic E-state index is 12.2. The molecule has 1 amide bonds. The third-order valence-corrected chi connectivity index (χ3v) is 5.42. The van der Waals surface area contributed by atoms with E-state index in [1.54, 1.807) is 18.9 Å². The summed E-state index contributed by atoms with van der Waals surface area (Å²) in [4.78, 5) is 13.9. The second-order valence-corrected chi connectivity index (χ2v) is 7.55. The Balaban J connectivity index is 2.14. The molecule has 0 spiro atoms. The van der Waals surface area contributed by atoms with E-state index in [1.165, 1.54) is 0 Å². The topological polar surface area (TPSA) is 63.7 Å². The van der Waals surface area contributed by atoms with E-state index in [2.05, 4.69) is 0 Å². The first-order valence-electron chi connectivity index (χ1n) is 7.10. The number of hydrogen-bond donors (Lipinski definition) is 0. The molecule has 1 aliphatic heterocycles. The molecule has 1 aromatic rings. The minimum atomic E-state index is -3.28. The smallest absolute Gasteiger partial charge is 0.238 e. The fourth-order valence-corrected chi connectivity index (χ4v) is 3.36. The van der Waals surface area contributed by atoms with Crippen LogP contribution < -0.4 is 4.74 Å². The molecule has 0 unspecified atom stereocenters. The van der Waals surface area contributed by atoms with Crippen molar-refractivity contribution in [3.63, 3.8) is 0 Å². The molecular formula is C15H21NO4S. The van der Waals surface area contributed by atoms with E-state index >= 15 is 0 Å². The Kier molecular flexibility index (Phi) is 4.88. The van der Waals surface area contributed by atoms with Gasteiger partial charge in [0, 0.05) is 12.3 Å². The van der Waals surface area contributed by atoms with E-state index in [0.717, 1.165) is 24.2 Å². The summed E-state index contributed by atoms with van der Waals surface area (Å²) in [6, 6.07) is 7.56. The first kappa shape index (κ1) is 15.8. The minimum Gasteiger partial charge on any atom is -0.497 e. The number of rotatable bonds is 5. The summed E-state index contributed by atoms with van der Waals surface area (Å²) >= 11 is 0. The van der Waals surface area contributed by atoms with Crippen LogP contribution >= 0.6 is 0 Å². The molecule has 0 N–H and O–H groups in total. The molecule has 2 rings (SSSR count). The largest absolute Gasteiger partial charge is 0.497 e. The van der Waals surface area contributed by atoms with Crippen LogP contribution in [-0.4, -0.2) is 44.4 Å². The van der Waals surface area contributed by atoms with Crippen molar-refractivity contribution in [3.8, 4) is 5.75 Å². The maximum Gasteiger partial charge on any atom is 0.238 e. The Labute approximate surface area is 125 Å². The Morgan fingerprint density at radius 3 is 2.57 bits per heavy atom. The Hall–Kier alpha value is -1.56. The number of carbonyl (C=O) groups excluding carboxylic acids is 1. The van der Waals surface area contributed by atoms with Crippen molar-refractivity contribution in [3.05, 3.63) is 29.8 Å². The van der Waals surface area contributed by atoms with Crippen molar-refractivity contribution in [1.29, 1.82) is 0 Å². The lowest BCUT2D eigenvalue weighted by molar-refractivity contribution is -0.129. The molecule has 6 heteroatoms. The Bertz CT molecular complexity index is 595. The first-order valence-corrected chi connectivity index (χ1v) is 8.93. The number of benzene rings is 1. The monoisotopic (exact) mass is 311 g/mol. The number of carbonyl (C=O) groups is 1.